The van der Waals surface area contributed by atoms with Gasteiger partial charge in [-0.25, -0.2) is 0 Å². The quantitative estimate of drug-likeness (QED) is 0.210. The summed E-state index contributed by atoms with van der Waals surface area (Å²) >= 11 is 0. The molecule has 0 amide bonds. The van der Waals surface area contributed by atoms with E-state index >= 15 is 0 Å². The number of hydrogen-bond acceptors (Lipinski definition) is 4. The van der Waals surface area contributed by atoms with Crippen molar-refractivity contribution in [2.24, 2.45) is 0 Å². The Labute approximate surface area is 256 Å². The molecule has 0 bridgehead atoms. The van der Waals surface area contributed by atoms with Gasteiger partial charge in [-0.1, -0.05) is 121 Å². The van der Waals surface area contributed by atoms with Gasteiger partial charge in [0.15, 0.2) is 0 Å². The Balaban J connectivity index is 1.34. The van der Waals surface area contributed by atoms with E-state index in [1.807, 2.05) is 146 Å². The maximum absolute atomic E-state index is 11.4. The van der Waals surface area contributed by atoms with Crippen LogP contribution in [0.4, 0.5) is 0 Å². The first-order chi connectivity index (χ1) is 21.7. The fourth-order valence-electron chi connectivity index (χ4n) is 5.54. The number of rotatable bonds is 6. The Bertz CT molecular complexity index is 1770. The third-order valence-electron chi connectivity index (χ3n) is 7.80. The lowest BCUT2D eigenvalue weighted by Crippen LogP contribution is -1.93. The first kappa shape index (κ1) is 26.9. The Morgan fingerprint density at radius 2 is 0.568 bits per heavy atom. The summed E-state index contributed by atoms with van der Waals surface area (Å²) in [5, 5.41) is 22.7. The summed E-state index contributed by atoms with van der Waals surface area (Å²) in [5.74, 6) is 0.448. The highest BCUT2D eigenvalue weighted by Gasteiger charge is 2.17. The molecule has 4 nitrogen and oxygen atoms in total. The Kier molecular flexibility index (Phi) is 7.15. The smallest absolute Gasteiger partial charge is 0.131 e. The fraction of sp³-hybridized carbons (Fsp3) is 0. The molecule has 0 fully saturated rings. The van der Waals surface area contributed by atoms with E-state index in [-0.39, 0.29) is 11.5 Å². The third kappa shape index (κ3) is 5.21. The molecular weight excluding hydrogens is 540 g/mol. The van der Waals surface area contributed by atoms with Gasteiger partial charge in [-0.2, -0.15) is 0 Å². The number of aromatic hydroxyl groups is 2. The van der Waals surface area contributed by atoms with Crippen LogP contribution < -0.4 is 0 Å². The van der Waals surface area contributed by atoms with Gasteiger partial charge in [-0.05, 0) is 46.5 Å². The molecule has 0 atom stereocenters. The number of benzene rings is 6. The van der Waals surface area contributed by atoms with Crippen molar-refractivity contribution in [1.82, 2.24) is 9.97 Å². The van der Waals surface area contributed by atoms with Gasteiger partial charge in [0.1, 0.15) is 11.5 Å². The second-order valence-corrected chi connectivity index (χ2v) is 10.6. The molecule has 210 valence electrons. The van der Waals surface area contributed by atoms with Crippen molar-refractivity contribution in [3.05, 3.63) is 158 Å². The predicted molar refractivity (Wildman–Crippen MR) is 178 cm³/mol. The third-order valence-corrected chi connectivity index (χ3v) is 7.80. The molecule has 4 heteroatoms. The minimum Gasteiger partial charge on any atom is -0.507 e. The van der Waals surface area contributed by atoms with Crippen LogP contribution in [0.5, 0.6) is 11.5 Å². The van der Waals surface area contributed by atoms with E-state index in [1.54, 1.807) is 12.4 Å². The number of nitrogens with zero attached hydrogens (tertiary/aromatic N) is 2. The summed E-state index contributed by atoms with van der Waals surface area (Å²) in [6, 6.07) is 47.3. The van der Waals surface area contributed by atoms with Gasteiger partial charge in [-0.3, -0.25) is 9.97 Å². The average molecular weight is 569 g/mol. The Hall–Kier alpha value is -6.00. The van der Waals surface area contributed by atoms with Crippen LogP contribution in [-0.2, 0) is 0 Å². The summed E-state index contributed by atoms with van der Waals surface area (Å²) in [6.45, 7) is 0. The highest BCUT2D eigenvalue weighted by molar-refractivity contribution is 5.88. The van der Waals surface area contributed by atoms with Crippen LogP contribution in [0.15, 0.2) is 158 Å². The number of aromatic nitrogens is 2. The SMILES string of the molecule is Oc1c(-c2ccccc2)cc(-c2cnc(-c3cc(-c4ccccc4)c(O)c(-c4ccccc4)c3)cn2)cc1-c1ccccc1. The summed E-state index contributed by atoms with van der Waals surface area (Å²) in [5.41, 5.74) is 9.65. The Morgan fingerprint density at radius 3 is 0.795 bits per heavy atom. The lowest BCUT2D eigenvalue weighted by Gasteiger charge is -2.15. The molecule has 2 N–H and O–H groups in total. The molecule has 0 aliphatic heterocycles. The molecule has 0 radical (unpaired) electrons. The first-order valence-corrected chi connectivity index (χ1v) is 14.4. The Morgan fingerprint density at radius 1 is 0.318 bits per heavy atom. The van der Waals surface area contributed by atoms with E-state index in [9.17, 15) is 10.2 Å². The van der Waals surface area contributed by atoms with Crippen LogP contribution >= 0.6 is 0 Å². The van der Waals surface area contributed by atoms with Crippen LogP contribution in [-0.4, -0.2) is 20.2 Å². The molecule has 0 aliphatic carbocycles. The van der Waals surface area contributed by atoms with Gasteiger partial charge >= 0.3 is 0 Å². The highest BCUT2D eigenvalue weighted by atomic mass is 16.3. The summed E-state index contributed by atoms with van der Waals surface area (Å²) in [4.78, 5) is 9.69. The van der Waals surface area contributed by atoms with Gasteiger partial charge < -0.3 is 10.2 Å². The molecule has 1 heterocycles. The molecule has 0 spiro atoms. The molecular formula is C40H28N2O2. The lowest BCUT2D eigenvalue weighted by atomic mass is 9.93. The summed E-state index contributed by atoms with van der Waals surface area (Å²) < 4.78 is 0. The zero-order valence-electron chi connectivity index (χ0n) is 23.8. The van der Waals surface area contributed by atoms with Crippen molar-refractivity contribution >= 4 is 0 Å². The van der Waals surface area contributed by atoms with Crippen molar-refractivity contribution in [1.29, 1.82) is 0 Å². The van der Waals surface area contributed by atoms with E-state index in [4.69, 9.17) is 9.97 Å². The van der Waals surface area contributed by atoms with Crippen LogP contribution in [0.2, 0.25) is 0 Å². The van der Waals surface area contributed by atoms with Crippen molar-refractivity contribution in [3.63, 3.8) is 0 Å². The second kappa shape index (κ2) is 11.7. The normalized spacial score (nSPS) is 10.9. The van der Waals surface area contributed by atoms with E-state index < -0.39 is 0 Å². The van der Waals surface area contributed by atoms with E-state index in [0.29, 0.717) is 11.4 Å². The molecule has 44 heavy (non-hydrogen) atoms. The van der Waals surface area contributed by atoms with E-state index in [0.717, 1.165) is 55.6 Å². The second-order valence-electron chi connectivity index (χ2n) is 10.6. The maximum atomic E-state index is 11.4. The van der Waals surface area contributed by atoms with Gasteiger partial charge in [0.2, 0.25) is 0 Å². The first-order valence-electron chi connectivity index (χ1n) is 14.4. The zero-order chi connectivity index (χ0) is 29.9. The molecule has 7 rings (SSSR count). The number of hydrogen-bond donors (Lipinski definition) is 2. The average Bonchev–Trinajstić information content (AvgIpc) is 3.10. The molecule has 0 unspecified atom stereocenters. The lowest BCUT2D eigenvalue weighted by molar-refractivity contribution is 0.479. The molecule has 0 saturated heterocycles. The standard InChI is InChI=1S/C40H28N2O2/c43-39-33(27-13-5-1-6-14-27)21-31(22-34(39)28-15-7-2-8-16-28)37-25-42-38(26-41-37)32-23-35(29-17-9-3-10-18-29)40(44)36(24-32)30-19-11-4-12-20-30/h1-26,43-44H. The number of phenolic OH excluding ortho intramolecular Hbond substituents is 2. The van der Waals surface area contributed by atoms with Crippen LogP contribution in [0.1, 0.15) is 0 Å². The van der Waals surface area contributed by atoms with Gasteiger partial charge in [0, 0.05) is 33.4 Å². The minimum atomic E-state index is 0.224. The largest absolute Gasteiger partial charge is 0.507 e. The van der Waals surface area contributed by atoms with Crippen LogP contribution in [0.25, 0.3) is 67.0 Å². The van der Waals surface area contributed by atoms with Gasteiger partial charge in [0.25, 0.3) is 0 Å². The van der Waals surface area contributed by atoms with Crippen molar-refractivity contribution in [2.75, 3.05) is 0 Å². The van der Waals surface area contributed by atoms with Crippen LogP contribution in [0.3, 0.4) is 0 Å². The molecule has 0 aliphatic rings. The van der Waals surface area contributed by atoms with Crippen LogP contribution in [0, 0.1) is 0 Å². The summed E-state index contributed by atoms with van der Waals surface area (Å²) in [7, 11) is 0. The minimum absolute atomic E-state index is 0.224. The fourth-order valence-corrected chi connectivity index (χ4v) is 5.54. The molecule has 7 aromatic rings. The van der Waals surface area contributed by atoms with E-state index in [1.165, 1.54) is 0 Å². The highest BCUT2D eigenvalue weighted by Crippen LogP contribution is 2.43. The van der Waals surface area contributed by atoms with Gasteiger partial charge in [0.05, 0.1) is 23.8 Å². The van der Waals surface area contributed by atoms with E-state index in [2.05, 4.69) is 0 Å². The molecule has 0 saturated carbocycles. The zero-order valence-corrected chi connectivity index (χ0v) is 23.8. The van der Waals surface area contributed by atoms with Crippen molar-refractivity contribution in [3.8, 4) is 78.5 Å². The molecule has 1 aromatic heterocycles. The van der Waals surface area contributed by atoms with Crippen molar-refractivity contribution in [2.45, 2.75) is 0 Å². The monoisotopic (exact) mass is 568 g/mol. The van der Waals surface area contributed by atoms with Gasteiger partial charge in [-0.15, -0.1) is 0 Å². The maximum Gasteiger partial charge on any atom is 0.131 e. The predicted octanol–water partition coefficient (Wildman–Crippen LogP) is 9.89. The van der Waals surface area contributed by atoms with Crippen molar-refractivity contribution < 1.29 is 10.2 Å². The topological polar surface area (TPSA) is 66.2 Å². The number of phenols is 2. The molecule has 6 aromatic carbocycles. The summed E-state index contributed by atoms with van der Waals surface area (Å²) in [6.07, 6.45) is 3.53.